The molecule has 1 heteroatoms. The van der Waals surface area contributed by atoms with Gasteiger partial charge in [-0.25, -0.2) is 0 Å². The van der Waals surface area contributed by atoms with Gasteiger partial charge in [0.1, 0.15) is 5.75 Å². The number of aromatic hydroxyl groups is 1. The fourth-order valence-corrected chi connectivity index (χ4v) is 2.47. The van der Waals surface area contributed by atoms with Gasteiger partial charge in [0, 0.05) is 0 Å². The van der Waals surface area contributed by atoms with Crippen LogP contribution in [0, 0.1) is 6.92 Å². The Morgan fingerprint density at radius 1 is 0.938 bits per heavy atom. The number of aryl methyl sites for hydroxylation is 3. The molecule has 80 valence electrons. The van der Waals surface area contributed by atoms with Gasteiger partial charge < -0.3 is 5.11 Å². The van der Waals surface area contributed by atoms with Crippen molar-refractivity contribution in [1.29, 1.82) is 0 Å². The van der Waals surface area contributed by atoms with E-state index in [1.807, 2.05) is 13.0 Å². The van der Waals surface area contributed by atoms with Crippen molar-refractivity contribution in [3.8, 4) is 16.9 Å². The van der Waals surface area contributed by atoms with Crippen molar-refractivity contribution in [3.05, 3.63) is 53.1 Å². The number of phenolic OH excluding ortho intramolecular Hbond substituents is 1. The maximum atomic E-state index is 9.72. The first-order chi connectivity index (χ1) is 7.75. The topological polar surface area (TPSA) is 20.2 Å². The number of phenols is 1. The lowest BCUT2D eigenvalue weighted by Crippen LogP contribution is -2.03. The molecule has 0 radical (unpaired) electrons. The molecule has 0 saturated heterocycles. The molecule has 0 bridgehead atoms. The van der Waals surface area contributed by atoms with E-state index in [4.69, 9.17) is 0 Å². The van der Waals surface area contributed by atoms with E-state index in [2.05, 4.69) is 30.3 Å². The highest BCUT2D eigenvalue weighted by Crippen LogP contribution is 2.36. The third-order valence-corrected chi connectivity index (χ3v) is 3.39. The normalized spacial score (nSPS) is 13.1. The van der Waals surface area contributed by atoms with Crippen molar-refractivity contribution < 1.29 is 5.11 Å². The molecule has 0 aliphatic heterocycles. The maximum absolute atomic E-state index is 9.72. The summed E-state index contributed by atoms with van der Waals surface area (Å²) in [6.45, 7) is 1.95. The predicted molar refractivity (Wildman–Crippen MR) is 65.7 cm³/mol. The Kier molecular flexibility index (Phi) is 2.00. The highest BCUT2D eigenvalue weighted by Gasteiger charge is 2.16. The summed E-state index contributed by atoms with van der Waals surface area (Å²) in [7, 11) is 0. The molecule has 0 spiro atoms. The minimum Gasteiger partial charge on any atom is -0.508 e. The predicted octanol–water partition coefficient (Wildman–Crippen LogP) is 3.47. The molecule has 16 heavy (non-hydrogen) atoms. The second-order valence-electron chi connectivity index (χ2n) is 4.45. The van der Waals surface area contributed by atoms with Crippen molar-refractivity contribution in [2.24, 2.45) is 0 Å². The van der Waals surface area contributed by atoms with Gasteiger partial charge in [-0.1, -0.05) is 24.3 Å². The summed E-state index contributed by atoms with van der Waals surface area (Å²) in [5.41, 5.74) is 6.25. The summed E-state index contributed by atoms with van der Waals surface area (Å²) >= 11 is 0. The van der Waals surface area contributed by atoms with Gasteiger partial charge in [0.15, 0.2) is 0 Å². The van der Waals surface area contributed by atoms with Crippen LogP contribution in [0.25, 0.3) is 11.1 Å². The van der Waals surface area contributed by atoms with Crippen LogP contribution in [-0.2, 0) is 12.8 Å². The SMILES string of the molecule is Cc1cc2c(cc1O)CCc1ccccc1-2. The van der Waals surface area contributed by atoms with Gasteiger partial charge in [0.25, 0.3) is 0 Å². The number of hydrogen-bond acceptors (Lipinski definition) is 1. The summed E-state index contributed by atoms with van der Waals surface area (Å²) in [4.78, 5) is 0. The summed E-state index contributed by atoms with van der Waals surface area (Å²) in [6, 6.07) is 12.6. The third kappa shape index (κ3) is 1.32. The molecule has 0 unspecified atom stereocenters. The van der Waals surface area contributed by atoms with Crippen LogP contribution in [0.3, 0.4) is 0 Å². The Hall–Kier alpha value is -1.76. The molecule has 1 aliphatic rings. The number of fused-ring (bicyclic) bond motifs is 3. The summed E-state index contributed by atoms with van der Waals surface area (Å²) in [5, 5.41) is 9.72. The van der Waals surface area contributed by atoms with Gasteiger partial charge in [-0.2, -0.15) is 0 Å². The van der Waals surface area contributed by atoms with E-state index in [1.54, 1.807) is 0 Å². The summed E-state index contributed by atoms with van der Waals surface area (Å²) < 4.78 is 0. The Morgan fingerprint density at radius 3 is 2.56 bits per heavy atom. The largest absolute Gasteiger partial charge is 0.508 e. The average Bonchev–Trinajstić information content (AvgIpc) is 2.31. The molecule has 0 fully saturated rings. The fraction of sp³-hybridized carbons (Fsp3) is 0.200. The van der Waals surface area contributed by atoms with Crippen LogP contribution in [0.4, 0.5) is 0 Å². The van der Waals surface area contributed by atoms with Crippen LogP contribution in [0.2, 0.25) is 0 Å². The molecule has 0 aromatic heterocycles. The maximum Gasteiger partial charge on any atom is 0.118 e. The van der Waals surface area contributed by atoms with Crippen LogP contribution >= 0.6 is 0 Å². The molecule has 3 rings (SSSR count). The number of rotatable bonds is 0. The molecule has 0 saturated carbocycles. The molecule has 0 atom stereocenters. The van der Waals surface area contributed by atoms with Crippen molar-refractivity contribution in [1.82, 2.24) is 0 Å². The smallest absolute Gasteiger partial charge is 0.118 e. The number of hydrogen-bond donors (Lipinski definition) is 1. The van der Waals surface area contributed by atoms with E-state index < -0.39 is 0 Å². The minimum absolute atomic E-state index is 0.415. The van der Waals surface area contributed by atoms with E-state index in [0.29, 0.717) is 5.75 Å². The Bertz CT molecular complexity index is 555. The Labute approximate surface area is 95.4 Å². The zero-order valence-corrected chi connectivity index (χ0v) is 9.33. The van der Waals surface area contributed by atoms with Crippen molar-refractivity contribution >= 4 is 0 Å². The fourth-order valence-electron chi connectivity index (χ4n) is 2.47. The van der Waals surface area contributed by atoms with E-state index in [0.717, 1.165) is 18.4 Å². The van der Waals surface area contributed by atoms with E-state index in [9.17, 15) is 5.11 Å². The molecule has 0 amide bonds. The van der Waals surface area contributed by atoms with Crippen LogP contribution < -0.4 is 0 Å². The second kappa shape index (κ2) is 3.38. The second-order valence-corrected chi connectivity index (χ2v) is 4.45. The lowest BCUT2D eigenvalue weighted by Gasteiger charge is -2.20. The van der Waals surface area contributed by atoms with Crippen LogP contribution in [-0.4, -0.2) is 5.11 Å². The van der Waals surface area contributed by atoms with Crippen LogP contribution in [0.1, 0.15) is 16.7 Å². The monoisotopic (exact) mass is 210 g/mol. The number of benzene rings is 2. The molecule has 1 aliphatic carbocycles. The van der Waals surface area contributed by atoms with Gasteiger partial charge >= 0.3 is 0 Å². The first-order valence-corrected chi connectivity index (χ1v) is 5.66. The van der Waals surface area contributed by atoms with Gasteiger partial charge in [-0.15, -0.1) is 0 Å². The highest BCUT2D eigenvalue weighted by atomic mass is 16.3. The standard InChI is InChI=1S/C15H14O/c1-10-8-14-12(9-15(10)16)7-6-11-4-2-3-5-13(11)14/h2-5,8-9,16H,6-7H2,1H3. The Balaban J connectivity index is 2.28. The lowest BCUT2D eigenvalue weighted by atomic mass is 9.85. The molecular weight excluding hydrogens is 196 g/mol. The third-order valence-electron chi connectivity index (χ3n) is 3.39. The minimum atomic E-state index is 0.415. The molecule has 2 aromatic rings. The van der Waals surface area contributed by atoms with Gasteiger partial charge in [0.05, 0.1) is 0 Å². The van der Waals surface area contributed by atoms with Crippen molar-refractivity contribution in [2.45, 2.75) is 19.8 Å². The summed E-state index contributed by atoms with van der Waals surface area (Å²) in [5.74, 6) is 0.415. The van der Waals surface area contributed by atoms with E-state index in [-0.39, 0.29) is 0 Å². The molecule has 1 nitrogen and oxygen atoms in total. The quantitative estimate of drug-likeness (QED) is 0.706. The lowest BCUT2D eigenvalue weighted by molar-refractivity contribution is 0.470. The first kappa shape index (κ1) is 9.46. The van der Waals surface area contributed by atoms with E-state index >= 15 is 0 Å². The molecular formula is C15H14O. The van der Waals surface area contributed by atoms with Crippen LogP contribution in [0.15, 0.2) is 36.4 Å². The van der Waals surface area contributed by atoms with Gasteiger partial charge in [-0.05, 0) is 59.7 Å². The Morgan fingerprint density at radius 2 is 1.69 bits per heavy atom. The average molecular weight is 210 g/mol. The molecule has 0 heterocycles. The van der Waals surface area contributed by atoms with Gasteiger partial charge in [-0.3, -0.25) is 0 Å². The highest BCUT2D eigenvalue weighted by molar-refractivity contribution is 5.74. The molecule has 2 aromatic carbocycles. The van der Waals surface area contributed by atoms with Crippen LogP contribution in [0.5, 0.6) is 5.75 Å². The first-order valence-electron chi connectivity index (χ1n) is 5.66. The van der Waals surface area contributed by atoms with Crippen molar-refractivity contribution in [2.75, 3.05) is 0 Å². The zero-order valence-electron chi connectivity index (χ0n) is 9.33. The zero-order chi connectivity index (χ0) is 11.1. The van der Waals surface area contributed by atoms with Crippen molar-refractivity contribution in [3.63, 3.8) is 0 Å². The van der Waals surface area contributed by atoms with Gasteiger partial charge in [0.2, 0.25) is 0 Å². The molecule has 1 N–H and O–H groups in total. The summed E-state index contributed by atoms with van der Waals surface area (Å²) in [6.07, 6.45) is 2.10. The van der Waals surface area contributed by atoms with E-state index in [1.165, 1.54) is 22.3 Å².